The fourth-order valence-corrected chi connectivity index (χ4v) is 4.05. The second-order valence-corrected chi connectivity index (χ2v) is 9.25. The summed E-state index contributed by atoms with van der Waals surface area (Å²) in [6, 6.07) is 0. The number of rotatable bonds is 16. The van der Waals surface area contributed by atoms with Crippen LogP contribution in [0.15, 0.2) is 0 Å². The molecule has 0 aliphatic heterocycles. The van der Waals surface area contributed by atoms with Crippen LogP contribution in [-0.4, -0.2) is 25.2 Å². The average molecular weight is 411 g/mol. The SMILES string of the molecule is CCCCCCCCCCCOC(=O)C1CCC(C(=O)OCCCC(C)C)CC1. The van der Waals surface area contributed by atoms with Crippen LogP contribution in [0.5, 0.6) is 0 Å². The maximum absolute atomic E-state index is 12.2. The summed E-state index contributed by atoms with van der Waals surface area (Å²) in [5.74, 6) is 0.447. The quantitative estimate of drug-likeness (QED) is 0.206. The highest BCUT2D eigenvalue weighted by Gasteiger charge is 2.31. The van der Waals surface area contributed by atoms with Crippen molar-refractivity contribution < 1.29 is 19.1 Å². The largest absolute Gasteiger partial charge is 0.465 e. The van der Waals surface area contributed by atoms with Gasteiger partial charge in [0.25, 0.3) is 0 Å². The van der Waals surface area contributed by atoms with Gasteiger partial charge in [-0.25, -0.2) is 0 Å². The van der Waals surface area contributed by atoms with Gasteiger partial charge in [0.1, 0.15) is 0 Å². The first-order valence-electron chi connectivity index (χ1n) is 12.4. The third kappa shape index (κ3) is 13.0. The van der Waals surface area contributed by atoms with Crippen molar-refractivity contribution in [3.8, 4) is 0 Å². The van der Waals surface area contributed by atoms with Gasteiger partial charge in [0.05, 0.1) is 25.0 Å². The summed E-state index contributed by atoms with van der Waals surface area (Å²) >= 11 is 0. The lowest BCUT2D eigenvalue weighted by Crippen LogP contribution is -2.28. The molecule has 0 atom stereocenters. The lowest BCUT2D eigenvalue weighted by molar-refractivity contribution is -0.155. The second kappa shape index (κ2) is 16.7. The van der Waals surface area contributed by atoms with Gasteiger partial charge in [0.15, 0.2) is 0 Å². The maximum atomic E-state index is 12.2. The topological polar surface area (TPSA) is 52.6 Å². The number of carbonyl (C=O) groups excluding carboxylic acids is 2. The third-order valence-corrected chi connectivity index (χ3v) is 6.06. The van der Waals surface area contributed by atoms with E-state index >= 15 is 0 Å². The highest BCUT2D eigenvalue weighted by atomic mass is 16.5. The van der Waals surface area contributed by atoms with Gasteiger partial charge in [0.2, 0.25) is 0 Å². The summed E-state index contributed by atoms with van der Waals surface area (Å²) in [6.45, 7) is 7.68. The van der Waals surface area contributed by atoms with Gasteiger partial charge in [-0.2, -0.15) is 0 Å². The first-order valence-corrected chi connectivity index (χ1v) is 12.4. The van der Waals surface area contributed by atoms with Crippen molar-refractivity contribution in [3.63, 3.8) is 0 Å². The molecule has 170 valence electrons. The van der Waals surface area contributed by atoms with Crippen molar-refractivity contribution in [2.45, 2.75) is 117 Å². The minimum atomic E-state index is -0.0738. The Hall–Kier alpha value is -1.06. The summed E-state index contributed by atoms with van der Waals surface area (Å²) in [6.07, 6.45) is 16.4. The van der Waals surface area contributed by atoms with Gasteiger partial charge in [0, 0.05) is 0 Å². The summed E-state index contributed by atoms with van der Waals surface area (Å²) < 4.78 is 10.9. The Morgan fingerprint density at radius 3 is 1.55 bits per heavy atom. The Morgan fingerprint density at radius 1 is 0.690 bits per heavy atom. The van der Waals surface area contributed by atoms with Crippen molar-refractivity contribution in [1.29, 1.82) is 0 Å². The van der Waals surface area contributed by atoms with Crippen LogP contribution < -0.4 is 0 Å². The van der Waals surface area contributed by atoms with E-state index in [4.69, 9.17) is 9.47 Å². The lowest BCUT2D eigenvalue weighted by atomic mass is 9.82. The number of ether oxygens (including phenoxy) is 2. The van der Waals surface area contributed by atoms with Gasteiger partial charge in [-0.1, -0.05) is 72.1 Å². The van der Waals surface area contributed by atoms with E-state index in [2.05, 4.69) is 20.8 Å². The normalized spacial score (nSPS) is 19.3. The van der Waals surface area contributed by atoms with Gasteiger partial charge >= 0.3 is 11.9 Å². The highest BCUT2D eigenvalue weighted by Crippen LogP contribution is 2.30. The van der Waals surface area contributed by atoms with E-state index in [9.17, 15) is 9.59 Å². The van der Waals surface area contributed by atoms with Gasteiger partial charge in [-0.3, -0.25) is 9.59 Å². The Kier molecular flexibility index (Phi) is 15.0. The van der Waals surface area contributed by atoms with Gasteiger partial charge in [-0.05, 0) is 50.9 Å². The average Bonchev–Trinajstić information content (AvgIpc) is 2.72. The minimum absolute atomic E-state index is 0.0291. The molecular weight excluding hydrogens is 364 g/mol. The predicted molar refractivity (Wildman–Crippen MR) is 119 cm³/mol. The number of hydrogen-bond acceptors (Lipinski definition) is 4. The van der Waals surface area contributed by atoms with E-state index in [1.807, 2.05) is 0 Å². The molecule has 4 nitrogen and oxygen atoms in total. The molecule has 29 heavy (non-hydrogen) atoms. The van der Waals surface area contributed by atoms with E-state index in [0.29, 0.717) is 19.1 Å². The van der Waals surface area contributed by atoms with Crippen LogP contribution in [0.2, 0.25) is 0 Å². The van der Waals surface area contributed by atoms with Crippen LogP contribution in [0.25, 0.3) is 0 Å². The molecule has 1 saturated carbocycles. The Bertz CT molecular complexity index is 425. The molecule has 1 aliphatic carbocycles. The molecule has 0 aromatic carbocycles. The smallest absolute Gasteiger partial charge is 0.308 e. The molecule has 0 spiro atoms. The number of carbonyl (C=O) groups is 2. The molecule has 0 radical (unpaired) electrons. The van der Waals surface area contributed by atoms with E-state index in [1.165, 1.54) is 44.9 Å². The first-order chi connectivity index (χ1) is 14.0. The monoisotopic (exact) mass is 410 g/mol. The zero-order valence-electron chi connectivity index (χ0n) is 19.4. The molecule has 0 saturated heterocycles. The molecule has 0 bridgehead atoms. The fourth-order valence-electron chi connectivity index (χ4n) is 4.05. The Morgan fingerprint density at radius 2 is 1.10 bits per heavy atom. The van der Waals surface area contributed by atoms with Crippen LogP contribution >= 0.6 is 0 Å². The van der Waals surface area contributed by atoms with E-state index in [1.54, 1.807) is 0 Å². The zero-order valence-corrected chi connectivity index (χ0v) is 19.4. The number of esters is 2. The molecule has 0 aromatic heterocycles. The molecule has 0 unspecified atom stereocenters. The third-order valence-electron chi connectivity index (χ3n) is 6.06. The van der Waals surface area contributed by atoms with E-state index < -0.39 is 0 Å². The second-order valence-electron chi connectivity index (χ2n) is 9.25. The molecule has 0 amide bonds. The van der Waals surface area contributed by atoms with Crippen molar-refractivity contribution in [3.05, 3.63) is 0 Å². The Labute approximate surface area is 179 Å². The van der Waals surface area contributed by atoms with Crippen LogP contribution in [0.1, 0.15) is 117 Å². The predicted octanol–water partition coefficient (Wildman–Crippen LogP) is 6.85. The molecule has 4 heteroatoms. The molecule has 0 N–H and O–H groups in total. The molecule has 1 fully saturated rings. The van der Waals surface area contributed by atoms with Gasteiger partial charge in [-0.15, -0.1) is 0 Å². The molecule has 1 rings (SSSR count). The summed E-state index contributed by atoms with van der Waals surface area (Å²) in [5, 5.41) is 0. The van der Waals surface area contributed by atoms with Crippen molar-refractivity contribution in [2.75, 3.05) is 13.2 Å². The van der Waals surface area contributed by atoms with Crippen LogP contribution in [0.4, 0.5) is 0 Å². The zero-order chi connectivity index (χ0) is 21.3. The number of hydrogen-bond donors (Lipinski definition) is 0. The lowest BCUT2D eigenvalue weighted by Gasteiger charge is -2.26. The Balaban J connectivity index is 2.01. The number of unbranched alkanes of at least 4 members (excludes halogenated alkanes) is 8. The van der Waals surface area contributed by atoms with Crippen LogP contribution in [0, 0.1) is 17.8 Å². The first kappa shape index (κ1) is 26.0. The molecular formula is C25H46O4. The summed E-state index contributed by atoms with van der Waals surface area (Å²) in [7, 11) is 0. The van der Waals surface area contributed by atoms with Crippen LogP contribution in [-0.2, 0) is 19.1 Å². The molecule has 0 heterocycles. The highest BCUT2D eigenvalue weighted by molar-refractivity contribution is 5.75. The molecule has 0 aromatic rings. The van der Waals surface area contributed by atoms with E-state index in [-0.39, 0.29) is 23.8 Å². The maximum Gasteiger partial charge on any atom is 0.308 e. The van der Waals surface area contributed by atoms with Crippen LogP contribution in [0.3, 0.4) is 0 Å². The fraction of sp³-hybridized carbons (Fsp3) is 0.920. The van der Waals surface area contributed by atoms with Gasteiger partial charge < -0.3 is 9.47 Å². The standard InChI is InChI=1S/C25H46O4/c1-4-5-6-7-8-9-10-11-12-19-28-24(26)22-15-17-23(18-16-22)25(27)29-20-13-14-21(2)3/h21-23H,4-20H2,1-3H3. The van der Waals surface area contributed by atoms with Crippen molar-refractivity contribution in [1.82, 2.24) is 0 Å². The van der Waals surface area contributed by atoms with Crippen molar-refractivity contribution in [2.24, 2.45) is 17.8 Å². The summed E-state index contributed by atoms with van der Waals surface area (Å²) in [5.41, 5.74) is 0. The van der Waals surface area contributed by atoms with E-state index in [0.717, 1.165) is 51.4 Å². The molecule has 1 aliphatic rings. The summed E-state index contributed by atoms with van der Waals surface area (Å²) in [4.78, 5) is 24.4. The van der Waals surface area contributed by atoms with Crippen molar-refractivity contribution >= 4 is 11.9 Å². The minimum Gasteiger partial charge on any atom is -0.465 e.